The molecule has 30 heavy (non-hydrogen) atoms. The van der Waals surface area contributed by atoms with Crippen LogP contribution in [0.1, 0.15) is 91.4 Å². The highest BCUT2D eigenvalue weighted by Crippen LogP contribution is 2.43. The lowest BCUT2D eigenvalue weighted by Crippen LogP contribution is -2.30. The van der Waals surface area contributed by atoms with Gasteiger partial charge >= 0.3 is 5.97 Å². The van der Waals surface area contributed by atoms with E-state index in [9.17, 15) is 4.79 Å². The maximum Gasteiger partial charge on any atom is 0.314 e. The average molecular weight is 415 g/mol. The lowest BCUT2D eigenvalue weighted by molar-refractivity contribution is -0.140. The largest absolute Gasteiger partial charge is 0.494 e. The molecule has 2 aliphatic carbocycles. The lowest BCUT2D eigenvalue weighted by atomic mass is 9.68. The zero-order chi connectivity index (χ0) is 21.3. The minimum absolute atomic E-state index is 0.0482. The maximum atomic E-state index is 12.6. The van der Waals surface area contributed by atoms with Gasteiger partial charge in [0.15, 0.2) is 0 Å². The Labute approximate surface area is 183 Å². The predicted molar refractivity (Wildman–Crippen MR) is 123 cm³/mol. The molecule has 0 aromatic heterocycles. The highest BCUT2D eigenvalue weighted by molar-refractivity contribution is 5.75. The van der Waals surface area contributed by atoms with Crippen LogP contribution in [0, 0.1) is 29.6 Å². The Morgan fingerprint density at radius 3 is 2.03 bits per heavy atom. The molecule has 168 valence electrons. The second-order valence-electron chi connectivity index (χ2n) is 9.88. The average Bonchev–Trinajstić information content (AvgIpc) is 2.79. The number of hydrogen-bond acceptors (Lipinski definition) is 3. The van der Waals surface area contributed by atoms with Crippen molar-refractivity contribution < 1.29 is 14.3 Å². The predicted octanol–water partition coefficient (Wildman–Crippen LogP) is 7.43. The van der Waals surface area contributed by atoms with E-state index in [0.29, 0.717) is 12.4 Å². The molecule has 0 bridgehead atoms. The summed E-state index contributed by atoms with van der Waals surface area (Å²) in [6.45, 7) is 7.52. The zero-order valence-electron chi connectivity index (χ0n) is 19.4. The Morgan fingerprint density at radius 1 is 0.900 bits per heavy atom. The Bertz CT molecular complexity index is 622. The van der Waals surface area contributed by atoms with Crippen molar-refractivity contribution in [1.82, 2.24) is 0 Å². The summed E-state index contributed by atoms with van der Waals surface area (Å²) in [7, 11) is 0. The van der Waals surface area contributed by atoms with Gasteiger partial charge in [-0.1, -0.05) is 40.0 Å². The Morgan fingerprint density at radius 2 is 1.47 bits per heavy atom. The molecule has 3 heteroatoms. The first-order valence-corrected chi connectivity index (χ1v) is 12.5. The van der Waals surface area contributed by atoms with E-state index in [0.717, 1.165) is 48.7 Å². The van der Waals surface area contributed by atoms with Gasteiger partial charge in [0.1, 0.15) is 11.5 Å². The highest BCUT2D eigenvalue weighted by Gasteiger charge is 2.33. The van der Waals surface area contributed by atoms with Crippen LogP contribution in [0.5, 0.6) is 11.5 Å². The number of carbonyl (C=O) groups is 1. The van der Waals surface area contributed by atoms with Crippen LogP contribution in [0.15, 0.2) is 24.3 Å². The Balaban J connectivity index is 1.38. The van der Waals surface area contributed by atoms with Gasteiger partial charge in [-0.2, -0.15) is 0 Å². The maximum absolute atomic E-state index is 12.6. The van der Waals surface area contributed by atoms with E-state index in [1.54, 1.807) is 0 Å². The summed E-state index contributed by atoms with van der Waals surface area (Å²) in [4.78, 5) is 12.6. The SMILES string of the molecule is CCCOc1ccc(OC(=O)C2CCC(C3CCC(CC(C)CC)CC3)CC2)cc1. The number of benzene rings is 1. The molecule has 0 radical (unpaired) electrons. The quantitative estimate of drug-likeness (QED) is 0.311. The minimum Gasteiger partial charge on any atom is -0.494 e. The molecule has 2 saturated carbocycles. The molecule has 0 heterocycles. The van der Waals surface area contributed by atoms with Gasteiger partial charge in [0.05, 0.1) is 12.5 Å². The summed E-state index contributed by atoms with van der Waals surface area (Å²) in [5, 5.41) is 0. The van der Waals surface area contributed by atoms with Gasteiger partial charge in [-0.25, -0.2) is 0 Å². The van der Waals surface area contributed by atoms with E-state index in [-0.39, 0.29) is 11.9 Å². The summed E-state index contributed by atoms with van der Waals surface area (Å²) >= 11 is 0. The Hall–Kier alpha value is -1.51. The fourth-order valence-electron chi connectivity index (χ4n) is 5.48. The van der Waals surface area contributed by atoms with Gasteiger partial charge in [-0.05, 0) is 99.3 Å². The van der Waals surface area contributed by atoms with Crippen LogP contribution in [0.2, 0.25) is 0 Å². The van der Waals surface area contributed by atoms with Gasteiger partial charge in [0.2, 0.25) is 0 Å². The van der Waals surface area contributed by atoms with Crippen LogP contribution >= 0.6 is 0 Å². The number of ether oxygens (including phenoxy) is 2. The minimum atomic E-state index is -0.0482. The highest BCUT2D eigenvalue weighted by atomic mass is 16.5. The van der Waals surface area contributed by atoms with E-state index >= 15 is 0 Å². The van der Waals surface area contributed by atoms with Crippen molar-refractivity contribution in [2.45, 2.75) is 91.4 Å². The zero-order valence-corrected chi connectivity index (χ0v) is 19.4. The molecular weight excluding hydrogens is 372 g/mol. The second-order valence-corrected chi connectivity index (χ2v) is 9.88. The molecule has 1 aromatic rings. The van der Waals surface area contributed by atoms with Crippen molar-refractivity contribution in [1.29, 1.82) is 0 Å². The third kappa shape index (κ3) is 6.75. The third-order valence-corrected chi connectivity index (χ3v) is 7.61. The van der Waals surface area contributed by atoms with Crippen LogP contribution < -0.4 is 9.47 Å². The van der Waals surface area contributed by atoms with Gasteiger partial charge in [0, 0.05) is 0 Å². The van der Waals surface area contributed by atoms with E-state index < -0.39 is 0 Å². The number of carbonyl (C=O) groups excluding carboxylic acids is 1. The van der Waals surface area contributed by atoms with Gasteiger partial charge in [0.25, 0.3) is 0 Å². The number of hydrogen-bond donors (Lipinski definition) is 0. The standard InChI is InChI=1S/C27H42O3/c1-4-18-29-25-14-16-26(17-15-25)30-27(28)24-12-10-23(11-13-24)22-8-6-21(7-9-22)19-20(3)5-2/h14-17,20-24H,4-13,18-19H2,1-3H3. The van der Waals surface area contributed by atoms with Gasteiger partial charge in [-0.15, -0.1) is 0 Å². The van der Waals surface area contributed by atoms with E-state index in [4.69, 9.17) is 9.47 Å². The van der Waals surface area contributed by atoms with Crippen LogP contribution in [0.25, 0.3) is 0 Å². The summed E-state index contributed by atoms with van der Waals surface area (Å²) in [5.41, 5.74) is 0. The monoisotopic (exact) mass is 414 g/mol. The molecule has 2 aliphatic rings. The number of rotatable bonds is 9. The number of esters is 1. The summed E-state index contributed by atoms with van der Waals surface area (Å²) in [6.07, 6.45) is 13.8. The first kappa shape index (κ1) is 23.2. The molecule has 1 unspecified atom stereocenters. The molecule has 3 nitrogen and oxygen atoms in total. The molecule has 0 spiro atoms. The molecule has 0 N–H and O–H groups in total. The molecule has 1 atom stereocenters. The van der Waals surface area contributed by atoms with Crippen molar-refractivity contribution >= 4 is 5.97 Å². The van der Waals surface area contributed by atoms with Crippen molar-refractivity contribution in [2.75, 3.05) is 6.61 Å². The first-order valence-electron chi connectivity index (χ1n) is 12.5. The molecule has 0 amide bonds. The van der Waals surface area contributed by atoms with Crippen molar-refractivity contribution in [3.8, 4) is 11.5 Å². The molecule has 2 fully saturated rings. The van der Waals surface area contributed by atoms with Crippen LogP contribution in [-0.4, -0.2) is 12.6 Å². The fourth-order valence-corrected chi connectivity index (χ4v) is 5.48. The van der Waals surface area contributed by atoms with Gasteiger partial charge in [-0.3, -0.25) is 4.79 Å². The first-order chi connectivity index (χ1) is 14.6. The lowest BCUT2D eigenvalue weighted by Gasteiger charge is -2.37. The van der Waals surface area contributed by atoms with Crippen molar-refractivity contribution in [3.05, 3.63) is 24.3 Å². The van der Waals surface area contributed by atoms with Crippen molar-refractivity contribution in [3.63, 3.8) is 0 Å². The fraction of sp³-hybridized carbons (Fsp3) is 0.741. The molecule has 0 saturated heterocycles. The van der Waals surface area contributed by atoms with Crippen molar-refractivity contribution in [2.24, 2.45) is 29.6 Å². The smallest absolute Gasteiger partial charge is 0.314 e. The normalized spacial score (nSPS) is 28.0. The van der Waals surface area contributed by atoms with E-state index in [1.165, 1.54) is 51.4 Å². The van der Waals surface area contributed by atoms with E-state index in [2.05, 4.69) is 20.8 Å². The topological polar surface area (TPSA) is 35.5 Å². The van der Waals surface area contributed by atoms with Crippen LogP contribution in [0.4, 0.5) is 0 Å². The second kappa shape index (κ2) is 11.8. The van der Waals surface area contributed by atoms with Crippen LogP contribution in [-0.2, 0) is 4.79 Å². The molecule has 1 aromatic carbocycles. The van der Waals surface area contributed by atoms with Gasteiger partial charge < -0.3 is 9.47 Å². The molecule has 3 rings (SSSR count). The summed E-state index contributed by atoms with van der Waals surface area (Å²) in [6, 6.07) is 7.44. The van der Waals surface area contributed by atoms with Crippen LogP contribution in [0.3, 0.4) is 0 Å². The summed E-state index contributed by atoms with van der Waals surface area (Å²) in [5.74, 6) is 5.04. The van der Waals surface area contributed by atoms with E-state index in [1.807, 2.05) is 24.3 Å². The Kier molecular flexibility index (Phi) is 9.08. The summed E-state index contributed by atoms with van der Waals surface area (Å²) < 4.78 is 11.3. The molecule has 0 aliphatic heterocycles. The third-order valence-electron chi connectivity index (χ3n) is 7.61. The molecular formula is C27H42O3.